The van der Waals surface area contributed by atoms with Crippen molar-refractivity contribution in [3.63, 3.8) is 0 Å². The van der Waals surface area contributed by atoms with Crippen molar-refractivity contribution in [2.45, 2.75) is 33.1 Å². The molecule has 0 aliphatic rings. The highest BCUT2D eigenvalue weighted by Crippen LogP contribution is 2.31. The molecule has 0 radical (unpaired) electrons. The normalized spacial score (nSPS) is 12.0. The first-order chi connectivity index (χ1) is 7.80. The molecule has 2 aromatic rings. The van der Waals surface area contributed by atoms with Gasteiger partial charge in [-0.2, -0.15) is 0 Å². The van der Waals surface area contributed by atoms with Crippen molar-refractivity contribution in [2.24, 2.45) is 0 Å². The predicted molar refractivity (Wildman–Crippen MR) is 62.2 cm³/mol. The van der Waals surface area contributed by atoms with Crippen LogP contribution >= 0.6 is 0 Å². The lowest BCUT2D eigenvalue weighted by Gasteiger charge is -2.15. The Bertz CT molecular complexity index is 594. The molecular formula is C12H14N2O3. The fourth-order valence-electron chi connectivity index (χ4n) is 1.80. The second-order valence-electron chi connectivity index (χ2n) is 5.02. The lowest BCUT2D eigenvalue weighted by atomic mass is 9.91. The first kappa shape index (κ1) is 11.6. The van der Waals surface area contributed by atoms with Crippen LogP contribution in [0.25, 0.3) is 11.2 Å². The zero-order valence-electron chi connectivity index (χ0n) is 10.2. The second-order valence-corrected chi connectivity index (χ2v) is 5.02. The highest BCUT2D eigenvalue weighted by Gasteiger charge is 2.24. The van der Waals surface area contributed by atoms with E-state index in [4.69, 9.17) is 9.52 Å². The third-order valence-electron chi connectivity index (χ3n) is 2.53. The smallest absolute Gasteiger partial charge is 0.356 e. The molecule has 0 spiro atoms. The predicted octanol–water partition coefficient (Wildman–Crippen LogP) is 2.53. The third-order valence-corrected chi connectivity index (χ3v) is 2.53. The van der Waals surface area contributed by atoms with Gasteiger partial charge < -0.3 is 9.52 Å². The van der Waals surface area contributed by atoms with Crippen molar-refractivity contribution in [2.75, 3.05) is 0 Å². The van der Waals surface area contributed by atoms with Gasteiger partial charge in [-0.3, -0.25) is 0 Å². The summed E-state index contributed by atoms with van der Waals surface area (Å²) in [5, 5.41) is 8.87. The summed E-state index contributed by atoms with van der Waals surface area (Å²) in [5.74, 6) is -0.299. The van der Waals surface area contributed by atoms with Crippen LogP contribution < -0.4 is 0 Å². The molecule has 0 saturated carbocycles. The summed E-state index contributed by atoms with van der Waals surface area (Å²) in [5.41, 5.74) is 1.53. The average molecular weight is 234 g/mol. The van der Waals surface area contributed by atoms with Crippen molar-refractivity contribution in [1.82, 2.24) is 9.97 Å². The minimum Gasteiger partial charge on any atom is -0.476 e. The quantitative estimate of drug-likeness (QED) is 0.820. The molecule has 0 bridgehead atoms. The second kappa shape index (κ2) is 3.55. The Kier molecular flexibility index (Phi) is 2.41. The molecule has 5 nitrogen and oxygen atoms in total. The standard InChI is InChI=1S/C12H14N2O3/c1-6-8-10(17-9(6)12(2,3)4)13-5-7(14-8)11(15)16/h5H,1-4H3,(H,15,16). The van der Waals surface area contributed by atoms with E-state index in [0.717, 1.165) is 11.3 Å². The van der Waals surface area contributed by atoms with Gasteiger partial charge in [-0.1, -0.05) is 20.8 Å². The van der Waals surface area contributed by atoms with Crippen molar-refractivity contribution < 1.29 is 14.3 Å². The van der Waals surface area contributed by atoms with E-state index in [1.807, 2.05) is 27.7 Å². The van der Waals surface area contributed by atoms with Gasteiger partial charge in [0.15, 0.2) is 5.69 Å². The molecule has 0 amide bonds. The molecule has 2 rings (SSSR count). The first-order valence-electron chi connectivity index (χ1n) is 5.30. The van der Waals surface area contributed by atoms with Gasteiger partial charge in [0, 0.05) is 11.0 Å². The van der Waals surface area contributed by atoms with Crippen molar-refractivity contribution in [3.8, 4) is 0 Å². The monoisotopic (exact) mass is 234 g/mol. The van der Waals surface area contributed by atoms with Gasteiger partial charge in [-0.05, 0) is 6.92 Å². The first-order valence-corrected chi connectivity index (χ1v) is 5.30. The molecule has 0 aromatic carbocycles. The van der Waals surface area contributed by atoms with Gasteiger partial charge in [-0.15, -0.1) is 0 Å². The number of hydrogen-bond acceptors (Lipinski definition) is 4. The number of carboxylic acids is 1. The molecule has 0 unspecified atom stereocenters. The zero-order chi connectivity index (χ0) is 12.8. The van der Waals surface area contributed by atoms with Gasteiger partial charge >= 0.3 is 5.97 Å². The van der Waals surface area contributed by atoms with E-state index in [2.05, 4.69) is 9.97 Å². The van der Waals surface area contributed by atoms with Crippen LogP contribution in [-0.2, 0) is 5.41 Å². The molecule has 0 atom stereocenters. The largest absolute Gasteiger partial charge is 0.476 e. The molecule has 0 saturated heterocycles. The minimum absolute atomic E-state index is 0.0677. The summed E-state index contributed by atoms with van der Waals surface area (Å²) < 4.78 is 5.63. The van der Waals surface area contributed by atoms with Crippen LogP contribution in [0, 0.1) is 6.92 Å². The number of aromatic carboxylic acids is 1. The summed E-state index contributed by atoms with van der Waals surface area (Å²) in [6.45, 7) is 7.94. The van der Waals surface area contributed by atoms with E-state index < -0.39 is 5.97 Å². The van der Waals surface area contributed by atoms with E-state index in [0.29, 0.717) is 11.2 Å². The summed E-state index contributed by atoms with van der Waals surface area (Å²) in [7, 11) is 0. The van der Waals surface area contributed by atoms with Crippen molar-refractivity contribution in [1.29, 1.82) is 0 Å². The number of hydrogen-bond donors (Lipinski definition) is 1. The number of carbonyl (C=O) groups is 1. The molecule has 5 heteroatoms. The van der Waals surface area contributed by atoms with Crippen LogP contribution in [0.4, 0.5) is 0 Å². The maximum atomic E-state index is 10.8. The third kappa shape index (κ3) is 1.88. The molecule has 90 valence electrons. The molecule has 2 aromatic heterocycles. The topological polar surface area (TPSA) is 76.2 Å². The van der Waals surface area contributed by atoms with Gasteiger partial charge in [0.1, 0.15) is 11.3 Å². The van der Waals surface area contributed by atoms with E-state index in [-0.39, 0.29) is 11.1 Å². The Morgan fingerprint density at radius 3 is 2.59 bits per heavy atom. The number of carboxylic acid groups (broad SMARTS) is 1. The van der Waals surface area contributed by atoms with Crippen LogP contribution in [0.15, 0.2) is 10.6 Å². The molecule has 17 heavy (non-hydrogen) atoms. The highest BCUT2D eigenvalue weighted by atomic mass is 16.4. The number of aryl methyl sites for hydroxylation is 1. The van der Waals surface area contributed by atoms with Crippen LogP contribution in [0.3, 0.4) is 0 Å². The molecule has 0 aliphatic carbocycles. The number of fused-ring (bicyclic) bond motifs is 1. The van der Waals surface area contributed by atoms with Gasteiger partial charge in [-0.25, -0.2) is 14.8 Å². The van der Waals surface area contributed by atoms with Gasteiger partial charge in [0.05, 0.1) is 6.20 Å². The Labute approximate surface area is 98.5 Å². The molecule has 0 aliphatic heterocycles. The van der Waals surface area contributed by atoms with E-state index in [9.17, 15) is 4.79 Å². The van der Waals surface area contributed by atoms with Gasteiger partial charge in [0.2, 0.25) is 5.71 Å². The van der Waals surface area contributed by atoms with Crippen LogP contribution in [-0.4, -0.2) is 21.0 Å². The summed E-state index contributed by atoms with van der Waals surface area (Å²) in [6, 6.07) is 0. The maximum Gasteiger partial charge on any atom is 0.356 e. The fourth-order valence-corrected chi connectivity index (χ4v) is 1.80. The summed E-state index contributed by atoms with van der Waals surface area (Å²) in [6.07, 6.45) is 1.21. The molecular weight excluding hydrogens is 220 g/mol. The minimum atomic E-state index is -1.09. The Morgan fingerprint density at radius 2 is 2.06 bits per heavy atom. The van der Waals surface area contributed by atoms with Gasteiger partial charge in [0.25, 0.3) is 0 Å². The molecule has 0 fully saturated rings. The average Bonchev–Trinajstić information content (AvgIpc) is 2.55. The molecule has 2 heterocycles. The maximum absolute atomic E-state index is 10.8. The number of furan rings is 1. The van der Waals surface area contributed by atoms with E-state index >= 15 is 0 Å². The summed E-state index contributed by atoms with van der Waals surface area (Å²) >= 11 is 0. The number of aromatic nitrogens is 2. The Balaban J connectivity index is 2.71. The van der Waals surface area contributed by atoms with Crippen molar-refractivity contribution >= 4 is 17.2 Å². The number of rotatable bonds is 1. The van der Waals surface area contributed by atoms with Crippen LogP contribution in [0.2, 0.25) is 0 Å². The summed E-state index contributed by atoms with van der Waals surface area (Å²) in [4.78, 5) is 18.9. The Hall–Kier alpha value is -1.91. The van der Waals surface area contributed by atoms with E-state index in [1.165, 1.54) is 6.20 Å². The highest BCUT2D eigenvalue weighted by molar-refractivity contribution is 5.87. The molecule has 1 N–H and O–H groups in total. The van der Waals surface area contributed by atoms with Crippen LogP contribution in [0.5, 0.6) is 0 Å². The number of nitrogens with zero attached hydrogens (tertiary/aromatic N) is 2. The lowest BCUT2D eigenvalue weighted by molar-refractivity contribution is 0.0690. The van der Waals surface area contributed by atoms with E-state index in [1.54, 1.807) is 0 Å². The fraction of sp³-hybridized carbons (Fsp3) is 0.417. The lowest BCUT2D eigenvalue weighted by Crippen LogP contribution is -2.11. The van der Waals surface area contributed by atoms with Crippen LogP contribution in [0.1, 0.15) is 42.6 Å². The van der Waals surface area contributed by atoms with Crippen molar-refractivity contribution in [3.05, 3.63) is 23.2 Å². The Morgan fingerprint density at radius 1 is 1.41 bits per heavy atom. The SMILES string of the molecule is Cc1c(C(C)(C)C)oc2ncc(C(=O)O)nc12. The zero-order valence-corrected chi connectivity index (χ0v) is 10.2.